The first-order valence-electron chi connectivity index (χ1n) is 8.84. The van der Waals surface area contributed by atoms with Gasteiger partial charge in [0.25, 0.3) is 0 Å². The van der Waals surface area contributed by atoms with Crippen molar-refractivity contribution in [1.82, 2.24) is 10.6 Å². The molecule has 0 aromatic heterocycles. The minimum absolute atomic E-state index is 0.0260. The number of carbonyl (C=O) groups is 4. The molecule has 0 saturated carbocycles. The first-order chi connectivity index (χ1) is 13.1. The molecule has 0 radical (unpaired) electrons. The molecule has 9 heteroatoms. The second-order valence-electron chi connectivity index (χ2n) is 6.40. The molecule has 1 aromatic rings. The van der Waals surface area contributed by atoms with Crippen LogP contribution in [0.3, 0.4) is 0 Å². The molecule has 0 spiro atoms. The van der Waals surface area contributed by atoms with Gasteiger partial charge in [0.05, 0.1) is 13.0 Å². The summed E-state index contributed by atoms with van der Waals surface area (Å²) in [5.41, 5.74) is 0.459. The summed E-state index contributed by atoms with van der Waals surface area (Å²) >= 11 is 0. The lowest BCUT2D eigenvalue weighted by molar-refractivity contribution is -0.147. The Labute approximate surface area is 162 Å². The molecule has 0 aliphatic rings. The van der Waals surface area contributed by atoms with Crippen molar-refractivity contribution in [3.63, 3.8) is 0 Å². The van der Waals surface area contributed by atoms with E-state index in [0.717, 1.165) is 0 Å². The van der Waals surface area contributed by atoms with Crippen LogP contribution >= 0.6 is 0 Å². The first-order valence-corrected chi connectivity index (χ1v) is 8.84. The van der Waals surface area contributed by atoms with E-state index in [4.69, 9.17) is 4.74 Å². The Kier molecular flexibility index (Phi) is 9.07. The molecule has 28 heavy (non-hydrogen) atoms. The number of carboxylic acid groups (broad SMARTS) is 1. The predicted octanol–water partition coefficient (Wildman–Crippen LogP) is 1.03. The quantitative estimate of drug-likeness (QED) is 0.508. The van der Waals surface area contributed by atoms with E-state index >= 15 is 0 Å². The number of aliphatic carboxylic acids is 1. The summed E-state index contributed by atoms with van der Waals surface area (Å²) in [6, 6.07) is 3.06. The van der Waals surface area contributed by atoms with E-state index in [-0.39, 0.29) is 19.4 Å². The third-order valence-corrected chi connectivity index (χ3v) is 3.95. The van der Waals surface area contributed by atoms with E-state index in [9.17, 15) is 28.7 Å². The first kappa shape index (κ1) is 23.1. The second kappa shape index (κ2) is 11.0. The van der Waals surface area contributed by atoms with Gasteiger partial charge in [0, 0.05) is 13.3 Å². The van der Waals surface area contributed by atoms with E-state index in [1.807, 2.05) is 0 Å². The summed E-state index contributed by atoms with van der Waals surface area (Å²) in [6.07, 6.45) is -0.221. The number of nitrogens with one attached hydrogen (secondary N) is 2. The minimum atomic E-state index is -1.36. The summed E-state index contributed by atoms with van der Waals surface area (Å²) in [4.78, 5) is 47.2. The van der Waals surface area contributed by atoms with Gasteiger partial charge < -0.3 is 20.5 Å². The topological polar surface area (TPSA) is 122 Å². The molecule has 0 heterocycles. The van der Waals surface area contributed by atoms with Crippen LogP contribution in [-0.4, -0.2) is 47.6 Å². The summed E-state index contributed by atoms with van der Waals surface area (Å²) < 4.78 is 18.2. The van der Waals surface area contributed by atoms with Crippen molar-refractivity contribution < 1.29 is 33.4 Å². The molecule has 154 valence electrons. The molecular formula is C19H25FN2O6. The Bertz CT molecular complexity index is 724. The molecule has 0 fully saturated rings. The average molecular weight is 396 g/mol. The number of halogens is 1. The maximum atomic E-state index is 13.4. The van der Waals surface area contributed by atoms with Crippen molar-refractivity contribution in [3.8, 4) is 0 Å². The fourth-order valence-corrected chi connectivity index (χ4v) is 2.66. The molecule has 0 unspecified atom stereocenters. The number of ether oxygens (including phenoxy) is 1. The Morgan fingerprint density at radius 2 is 1.89 bits per heavy atom. The molecule has 0 bridgehead atoms. The maximum Gasteiger partial charge on any atom is 0.326 e. The van der Waals surface area contributed by atoms with E-state index in [2.05, 4.69) is 10.6 Å². The standard InChI is InChI=1S/C19H25FN2O6/c1-4-28-16(24)8-11(2)17(19(26)27)22-18(25)15(21-12(3)23)10-13-6-5-7-14(20)9-13/h5-7,9,11,15,17H,4,8,10H2,1-3H3,(H,21,23)(H,22,25)(H,26,27)/t11-,15+,17+/m0/s1. The molecule has 1 rings (SSSR count). The molecule has 8 nitrogen and oxygen atoms in total. The van der Waals surface area contributed by atoms with Gasteiger partial charge in [-0.3, -0.25) is 14.4 Å². The van der Waals surface area contributed by atoms with Crippen LogP contribution < -0.4 is 10.6 Å². The number of hydrogen-bond acceptors (Lipinski definition) is 5. The van der Waals surface area contributed by atoms with Crippen molar-refractivity contribution >= 4 is 23.8 Å². The molecular weight excluding hydrogens is 371 g/mol. The van der Waals surface area contributed by atoms with Gasteiger partial charge in [0.2, 0.25) is 11.8 Å². The highest BCUT2D eigenvalue weighted by Gasteiger charge is 2.31. The third kappa shape index (κ3) is 7.73. The lowest BCUT2D eigenvalue weighted by Gasteiger charge is -2.24. The SMILES string of the molecule is CCOC(=O)C[C@H](C)[C@@H](NC(=O)[C@@H](Cc1cccc(F)c1)NC(C)=O)C(=O)O. The molecule has 0 aliphatic heterocycles. The maximum absolute atomic E-state index is 13.4. The largest absolute Gasteiger partial charge is 0.480 e. The van der Waals surface area contributed by atoms with Gasteiger partial charge in [-0.15, -0.1) is 0 Å². The predicted molar refractivity (Wildman–Crippen MR) is 97.7 cm³/mol. The number of carboxylic acids is 1. The van der Waals surface area contributed by atoms with Crippen LogP contribution in [0.2, 0.25) is 0 Å². The fraction of sp³-hybridized carbons (Fsp3) is 0.474. The second-order valence-corrected chi connectivity index (χ2v) is 6.40. The van der Waals surface area contributed by atoms with Crippen LogP contribution in [0.15, 0.2) is 24.3 Å². The zero-order chi connectivity index (χ0) is 21.3. The van der Waals surface area contributed by atoms with Crippen LogP contribution in [0.5, 0.6) is 0 Å². The molecule has 0 aliphatic carbocycles. The monoisotopic (exact) mass is 396 g/mol. The normalized spacial score (nSPS) is 13.7. The molecule has 3 atom stereocenters. The van der Waals surface area contributed by atoms with Crippen LogP contribution in [0.25, 0.3) is 0 Å². The average Bonchev–Trinajstić information content (AvgIpc) is 2.58. The van der Waals surface area contributed by atoms with Gasteiger partial charge in [0.1, 0.15) is 17.9 Å². The highest BCUT2D eigenvalue weighted by atomic mass is 19.1. The summed E-state index contributed by atoms with van der Waals surface area (Å²) in [5.74, 6) is -4.38. The van der Waals surface area contributed by atoms with Gasteiger partial charge in [-0.25, -0.2) is 9.18 Å². The number of rotatable bonds is 10. The van der Waals surface area contributed by atoms with E-state index in [1.54, 1.807) is 13.0 Å². The van der Waals surface area contributed by atoms with Crippen molar-refractivity contribution in [1.29, 1.82) is 0 Å². The molecule has 1 aromatic carbocycles. The smallest absolute Gasteiger partial charge is 0.326 e. The van der Waals surface area contributed by atoms with Crippen molar-refractivity contribution in [2.75, 3.05) is 6.61 Å². The van der Waals surface area contributed by atoms with Crippen molar-refractivity contribution in [2.45, 2.75) is 45.7 Å². The zero-order valence-electron chi connectivity index (χ0n) is 16.0. The van der Waals surface area contributed by atoms with Gasteiger partial charge in [-0.05, 0) is 30.5 Å². The fourth-order valence-electron chi connectivity index (χ4n) is 2.66. The van der Waals surface area contributed by atoms with Crippen molar-refractivity contribution in [2.24, 2.45) is 5.92 Å². The summed E-state index contributed by atoms with van der Waals surface area (Å²) in [5, 5.41) is 14.2. The van der Waals surface area contributed by atoms with Gasteiger partial charge >= 0.3 is 11.9 Å². The summed E-state index contributed by atoms with van der Waals surface area (Å²) in [7, 11) is 0. The van der Waals surface area contributed by atoms with Crippen LogP contribution in [0, 0.1) is 11.7 Å². The Hall–Kier alpha value is -2.97. The highest BCUT2D eigenvalue weighted by Crippen LogP contribution is 2.12. The van der Waals surface area contributed by atoms with Gasteiger partial charge in [-0.1, -0.05) is 19.1 Å². The Morgan fingerprint density at radius 1 is 1.21 bits per heavy atom. The lowest BCUT2D eigenvalue weighted by Crippen LogP contribution is -2.54. The van der Waals surface area contributed by atoms with Crippen molar-refractivity contribution in [3.05, 3.63) is 35.6 Å². The lowest BCUT2D eigenvalue weighted by atomic mass is 9.97. The highest BCUT2D eigenvalue weighted by molar-refractivity contribution is 5.90. The third-order valence-electron chi connectivity index (χ3n) is 3.95. The van der Waals surface area contributed by atoms with Gasteiger partial charge in [0.15, 0.2) is 0 Å². The number of benzene rings is 1. The Balaban J connectivity index is 2.91. The minimum Gasteiger partial charge on any atom is -0.480 e. The van der Waals surface area contributed by atoms with Crippen LogP contribution in [0.4, 0.5) is 4.39 Å². The summed E-state index contributed by atoms with van der Waals surface area (Å²) in [6.45, 7) is 4.50. The van der Waals surface area contributed by atoms with E-state index in [1.165, 1.54) is 32.0 Å². The number of carbonyl (C=O) groups excluding carboxylic acids is 3. The van der Waals surface area contributed by atoms with Crippen LogP contribution in [-0.2, 0) is 30.3 Å². The molecule has 3 N–H and O–H groups in total. The van der Waals surface area contributed by atoms with E-state index in [0.29, 0.717) is 5.56 Å². The molecule has 2 amide bonds. The zero-order valence-corrected chi connectivity index (χ0v) is 16.0. The molecule has 0 saturated heterocycles. The van der Waals surface area contributed by atoms with E-state index < -0.39 is 47.6 Å². The van der Waals surface area contributed by atoms with Crippen LogP contribution in [0.1, 0.15) is 32.8 Å². The Morgan fingerprint density at radius 3 is 2.43 bits per heavy atom. The number of hydrogen-bond donors (Lipinski definition) is 3. The van der Waals surface area contributed by atoms with Gasteiger partial charge in [-0.2, -0.15) is 0 Å². The number of amides is 2. The number of esters is 1.